The normalized spacial score (nSPS) is 12.1. The van der Waals surface area contributed by atoms with Crippen LogP contribution in [-0.4, -0.2) is 7.11 Å². The molecule has 0 spiro atoms. The number of hydrogen-bond donors (Lipinski definition) is 0. The molecule has 2 heteroatoms. The Bertz CT molecular complexity index is 411. The van der Waals surface area contributed by atoms with Crippen LogP contribution in [0.15, 0.2) is 48.8 Å². The lowest BCUT2D eigenvalue weighted by atomic mass is 9.87. The zero-order chi connectivity index (χ0) is 12.9. The molecule has 1 aromatic carbocycles. The van der Waals surface area contributed by atoms with Gasteiger partial charge in [-0.1, -0.05) is 39.5 Å². The molecule has 0 aliphatic rings. The Labute approximate surface area is 104 Å². The lowest BCUT2D eigenvalue weighted by Gasteiger charge is -2.19. The SMILES string of the molecule is C=CC(=COc1cccc(OC)c1)C(C)(C)C. The third-order valence-corrected chi connectivity index (χ3v) is 2.45. The van der Waals surface area contributed by atoms with Crippen molar-refractivity contribution in [3.63, 3.8) is 0 Å². The van der Waals surface area contributed by atoms with E-state index >= 15 is 0 Å². The van der Waals surface area contributed by atoms with Crippen molar-refractivity contribution < 1.29 is 9.47 Å². The summed E-state index contributed by atoms with van der Waals surface area (Å²) in [4.78, 5) is 0. The van der Waals surface area contributed by atoms with Gasteiger partial charge in [0, 0.05) is 6.07 Å². The Balaban J connectivity index is 2.84. The van der Waals surface area contributed by atoms with Crippen LogP contribution in [0.25, 0.3) is 0 Å². The largest absolute Gasteiger partial charge is 0.497 e. The zero-order valence-electron chi connectivity index (χ0n) is 11.0. The van der Waals surface area contributed by atoms with E-state index in [-0.39, 0.29) is 5.41 Å². The Kier molecular flexibility index (Phi) is 4.38. The molecule has 0 aliphatic heterocycles. The first-order valence-corrected chi connectivity index (χ1v) is 5.61. The molecule has 0 aliphatic carbocycles. The maximum absolute atomic E-state index is 5.61. The summed E-state index contributed by atoms with van der Waals surface area (Å²) < 4.78 is 10.7. The van der Waals surface area contributed by atoms with Crippen molar-refractivity contribution in [2.45, 2.75) is 20.8 Å². The summed E-state index contributed by atoms with van der Waals surface area (Å²) in [6.07, 6.45) is 3.56. The number of rotatable bonds is 4. The minimum atomic E-state index is 0.0284. The summed E-state index contributed by atoms with van der Waals surface area (Å²) in [5, 5.41) is 0. The monoisotopic (exact) mass is 232 g/mol. The molecule has 0 saturated heterocycles. The molecule has 1 rings (SSSR count). The summed E-state index contributed by atoms with van der Waals surface area (Å²) in [6.45, 7) is 10.2. The average Bonchev–Trinajstić information content (AvgIpc) is 2.28. The van der Waals surface area contributed by atoms with E-state index < -0.39 is 0 Å². The van der Waals surface area contributed by atoms with Crippen molar-refractivity contribution in [3.05, 3.63) is 48.8 Å². The summed E-state index contributed by atoms with van der Waals surface area (Å²) >= 11 is 0. The summed E-state index contributed by atoms with van der Waals surface area (Å²) in [5.74, 6) is 1.54. The third-order valence-electron chi connectivity index (χ3n) is 2.45. The van der Waals surface area contributed by atoms with Gasteiger partial charge in [0.25, 0.3) is 0 Å². The Morgan fingerprint density at radius 2 is 1.88 bits per heavy atom. The zero-order valence-corrected chi connectivity index (χ0v) is 11.0. The maximum Gasteiger partial charge on any atom is 0.130 e. The van der Waals surface area contributed by atoms with Gasteiger partial charge < -0.3 is 9.47 Å². The quantitative estimate of drug-likeness (QED) is 0.572. The molecule has 0 fully saturated rings. The maximum atomic E-state index is 5.61. The van der Waals surface area contributed by atoms with E-state index in [0.717, 1.165) is 17.1 Å². The molecule has 0 radical (unpaired) electrons. The molecule has 0 bridgehead atoms. The molecule has 2 nitrogen and oxygen atoms in total. The second-order valence-electron chi connectivity index (χ2n) is 4.82. The lowest BCUT2D eigenvalue weighted by molar-refractivity contribution is 0.406. The number of benzene rings is 1. The first kappa shape index (κ1) is 13.4. The van der Waals surface area contributed by atoms with Crippen LogP contribution in [0, 0.1) is 5.41 Å². The van der Waals surface area contributed by atoms with Gasteiger partial charge in [-0.05, 0) is 23.1 Å². The van der Waals surface area contributed by atoms with Crippen molar-refractivity contribution >= 4 is 0 Å². The molecule has 0 N–H and O–H groups in total. The standard InChI is InChI=1S/C15H20O2/c1-6-12(15(2,3)4)11-17-14-9-7-8-13(10-14)16-5/h6-11H,1H2,2-5H3. The predicted octanol–water partition coefficient (Wildman–Crippen LogP) is 4.19. The fraction of sp³-hybridized carbons (Fsp3) is 0.333. The van der Waals surface area contributed by atoms with Gasteiger partial charge >= 0.3 is 0 Å². The first-order chi connectivity index (χ1) is 7.97. The van der Waals surface area contributed by atoms with Crippen molar-refractivity contribution in [2.24, 2.45) is 5.41 Å². The molecule has 0 saturated carbocycles. The highest BCUT2D eigenvalue weighted by molar-refractivity contribution is 5.34. The van der Waals surface area contributed by atoms with Gasteiger partial charge in [0.15, 0.2) is 0 Å². The van der Waals surface area contributed by atoms with E-state index in [4.69, 9.17) is 9.47 Å². The molecule has 0 atom stereocenters. The van der Waals surface area contributed by atoms with Gasteiger partial charge in [-0.25, -0.2) is 0 Å². The van der Waals surface area contributed by atoms with Crippen LogP contribution in [0.3, 0.4) is 0 Å². The minimum Gasteiger partial charge on any atom is -0.497 e. The molecule has 92 valence electrons. The van der Waals surface area contributed by atoms with E-state index in [1.54, 1.807) is 13.4 Å². The minimum absolute atomic E-state index is 0.0284. The number of methoxy groups -OCH3 is 1. The molecule has 17 heavy (non-hydrogen) atoms. The summed E-state index contributed by atoms with van der Waals surface area (Å²) in [6, 6.07) is 7.52. The highest BCUT2D eigenvalue weighted by Crippen LogP contribution is 2.27. The van der Waals surface area contributed by atoms with Gasteiger partial charge in [0.05, 0.1) is 13.4 Å². The van der Waals surface area contributed by atoms with Crippen LogP contribution in [0.4, 0.5) is 0 Å². The van der Waals surface area contributed by atoms with E-state index in [1.165, 1.54) is 0 Å². The van der Waals surface area contributed by atoms with Gasteiger partial charge in [-0.3, -0.25) is 0 Å². The molecule has 0 heterocycles. The van der Waals surface area contributed by atoms with Gasteiger partial charge in [-0.2, -0.15) is 0 Å². The van der Waals surface area contributed by atoms with Gasteiger partial charge in [0.2, 0.25) is 0 Å². The summed E-state index contributed by atoms with van der Waals surface area (Å²) in [7, 11) is 1.64. The van der Waals surface area contributed by atoms with Gasteiger partial charge in [0.1, 0.15) is 11.5 Å². The first-order valence-electron chi connectivity index (χ1n) is 5.61. The number of allylic oxidation sites excluding steroid dienone is 2. The molecule has 0 unspecified atom stereocenters. The third kappa shape index (κ3) is 3.99. The lowest BCUT2D eigenvalue weighted by Crippen LogP contribution is -2.08. The van der Waals surface area contributed by atoms with Crippen LogP contribution >= 0.6 is 0 Å². The fourth-order valence-electron chi connectivity index (χ4n) is 1.34. The van der Waals surface area contributed by atoms with Crippen LogP contribution in [0.5, 0.6) is 11.5 Å². The van der Waals surface area contributed by atoms with Crippen LogP contribution in [0.2, 0.25) is 0 Å². The average molecular weight is 232 g/mol. The highest BCUT2D eigenvalue weighted by Gasteiger charge is 2.14. The van der Waals surface area contributed by atoms with Crippen LogP contribution in [0.1, 0.15) is 20.8 Å². The Morgan fingerprint density at radius 3 is 2.41 bits per heavy atom. The number of ether oxygens (including phenoxy) is 2. The van der Waals surface area contributed by atoms with E-state index in [1.807, 2.05) is 30.3 Å². The van der Waals surface area contributed by atoms with Crippen molar-refractivity contribution in [1.29, 1.82) is 0 Å². The Hall–Kier alpha value is -1.70. The number of hydrogen-bond acceptors (Lipinski definition) is 2. The van der Waals surface area contributed by atoms with Crippen molar-refractivity contribution in [3.8, 4) is 11.5 Å². The van der Waals surface area contributed by atoms with E-state index in [0.29, 0.717) is 0 Å². The predicted molar refractivity (Wildman–Crippen MR) is 71.4 cm³/mol. The molecular formula is C15H20O2. The molecular weight excluding hydrogens is 212 g/mol. The topological polar surface area (TPSA) is 18.5 Å². The molecule has 0 aromatic heterocycles. The van der Waals surface area contributed by atoms with Gasteiger partial charge in [-0.15, -0.1) is 0 Å². The summed E-state index contributed by atoms with van der Waals surface area (Å²) in [5.41, 5.74) is 1.08. The van der Waals surface area contributed by atoms with E-state index in [2.05, 4.69) is 27.4 Å². The van der Waals surface area contributed by atoms with Crippen LogP contribution < -0.4 is 9.47 Å². The Morgan fingerprint density at radius 1 is 1.24 bits per heavy atom. The van der Waals surface area contributed by atoms with Crippen molar-refractivity contribution in [1.82, 2.24) is 0 Å². The smallest absolute Gasteiger partial charge is 0.130 e. The molecule has 0 amide bonds. The highest BCUT2D eigenvalue weighted by atomic mass is 16.5. The molecule has 1 aromatic rings. The van der Waals surface area contributed by atoms with Crippen LogP contribution in [-0.2, 0) is 0 Å². The van der Waals surface area contributed by atoms with E-state index in [9.17, 15) is 0 Å². The van der Waals surface area contributed by atoms with Crippen molar-refractivity contribution in [2.75, 3.05) is 7.11 Å². The fourth-order valence-corrected chi connectivity index (χ4v) is 1.34. The second kappa shape index (κ2) is 5.58. The second-order valence-corrected chi connectivity index (χ2v) is 4.82.